The lowest BCUT2D eigenvalue weighted by molar-refractivity contribution is 0.0598. The molecule has 4 heterocycles. The molecule has 0 radical (unpaired) electrons. The normalized spacial score (nSPS) is 15.2. The maximum absolute atomic E-state index is 13.1. The Kier molecular flexibility index (Phi) is 4.67. The summed E-state index contributed by atoms with van der Waals surface area (Å²) < 4.78 is 13.2. The lowest BCUT2D eigenvalue weighted by atomic mass is 10.1. The Labute approximate surface area is 174 Å². The zero-order chi connectivity index (χ0) is 20.7. The smallest absolute Gasteiger partial charge is 0.289 e. The van der Waals surface area contributed by atoms with Gasteiger partial charge < -0.3 is 18.5 Å². The Hall–Kier alpha value is -3.32. The number of pyridine rings is 1. The summed E-state index contributed by atoms with van der Waals surface area (Å²) in [4.78, 5) is 22.0. The van der Waals surface area contributed by atoms with Crippen molar-refractivity contribution in [2.24, 2.45) is 0 Å². The van der Waals surface area contributed by atoms with Gasteiger partial charge in [-0.05, 0) is 37.3 Å². The summed E-state index contributed by atoms with van der Waals surface area (Å²) >= 11 is 0. The minimum Gasteiger partial charge on any atom is -0.497 e. The molecule has 0 bridgehead atoms. The zero-order valence-corrected chi connectivity index (χ0v) is 17.2. The Morgan fingerprint density at radius 2 is 2.00 bits per heavy atom. The molecule has 0 atom stereocenters. The van der Waals surface area contributed by atoms with Crippen molar-refractivity contribution in [3.63, 3.8) is 0 Å². The van der Waals surface area contributed by atoms with Crippen molar-refractivity contribution in [2.45, 2.75) is 13.5 Å². The summed E-state index contributed by atoms with van der Waals surface area (Å²) in [6.07, 6.45) is 4.08. The van der Waals surface area contributed by atoms with Crippen LogP contribution in [0.3, 0.4) is 0 Å². The zero-order valence-electron chi connectivity index (χ0n) is 17.2. The summed E-state index contributed by atoms with van der Waals surface area (Å²) in [5.74, 6) is 1.13. The number of nitrogens with zero attached hydrogens (tertiary/aromatic N) is 4. The Morgan fingerprint density at radius 3 is 2.77 bits per heavy atom. The molecule has 3 aromatic heterocycles. The number of rotatable bonds is 4. The number of imidazole rings is 1. The molecule has 0 spiro atoms. The molecule has 0 aliphatic carbocycles. The number of aryl methyl sites for hydroxylation is 1. The number of hydrogen-bond donors (Lipinski definition) is 0. The van der Waals surface area contributed by atoms with Crippen LogP contribution in [0.25, 0.3) is 16.6 Å². The van der Waals surface area contributed by atoms with E-state index in [2.05, 4.69) is 16.1 Å². The average molecular weight is 404 g/mol. The molecule has 30 heavy (non-hydrogen) atoms. The van der Waals surface area contributed by atoms with Crippen LogP contribution < -0.4 is 4.74 Å². The van der Waals surface area contributed by atoms with Crippen molar-refractivity contribution in [3.05, 3.63) is 65.8 Å². The van der Waals surface area contributed by atoms with E-state index in [0.717, 1.165) is 47.7 Å². The van der Waals surface area contributed by atoms with Crippen LogP contribution in [0.1, 0.15) is 21.8 Å². The van der Waals surface area contributed by atoms with Gasteiger partial charge in [0, 0.05) is 56.1 Å². The molecule has 1 fully saturated rings. The van der Waals surface area contributed by atoms with Gasteiger partial charge in [0.05, 0.1) is 12.8 Å². The standard InChI is InChI=1S/C23H24N4O3/c1-16-19-13-18(29-2)6-7-20(19)30-22(16)23(28)26-11-9-25(10-12-26)14-17-15-27-8-4-3-5-21(27)24-17/h3-8,13,15H,9-12,14H2,1-2H3. The van der Waals surface area contributed by atoms with Gasteiger partial charge >= 0.3 is 0 Å². The van der Waals surface area contributed by atoms with Crippen molar-refractivity contribution in [1.82, 2.24) is 19.2 Å². The number of carbonyl (C=O) groups is 1. The minimum absolute atomic E-state index is 0.0463. The van der Waals surface area contributed by atoms with E-state index in [4.69, 9.17) is 9.15 Å². The van der Waals surface area contributed by atoms with Crippen molar-refractivity contribution in [3.8, 4) is 5.75 Å². The van der Waals surface area contributed by atoms with Crippen molar-refractivity contribution in [1.29, 1.82) is 0 Å². The highest BCUT2D eigenvalue weighted by Gasteiger charge is 2.27. The topological polar surface area (TPSA) is 63.2 Å². The Bertz CT molecular complexity index is 1180. The molecule has 1 aromatic carbocycles. The average Bonchev–Trinajstić information content (AvgIpc) is 3.33. The monoisotopic (exact) mass is 404 g/mol. The number of piperazine rings is 1. The molecule has 0 saturated carbocycles. The van der Waals surface area contributed by atoms with Gasteiger partial charge in [0.25, 0.3) is 5.91 Å². The number of hydrogen-bond acceptors (Lipinski definition) is 5. The van der Waals surface area contributed by atoms with Crippen LogP contribution >= 0.6 is 0 Å². The number of methoxy groups -OCH3 is 1. The molecular weight excluding hydrogens is 380 g/mol. The summed E-state index contributed by atoms with van der Waals surface area (Å²) in [5.41, 5.74) is 3.57. The molecule has 0 unspecified atom stereocenters. The second-order valence-electron chi connectivity index (χ2n) is 7.68. The first kappa shape index (κ1) is 18.7. The van der Waals surface area contributed by atoms with Crippen LogP contribution in [0.5, 0.6) is 5.75 Å². The van der Waals surface area contributed by atoms with E-state index in [9.17, 15) is 4.79 Å². The molecule has 1 amide bonds. The molecule has 1 aliphatic rings. The first-order chi connectivity index (χ1) is 14.6. The fourth-order valence-corrected chi connectivity index (χ4v) is 4.08. The van der Waals surface area contributed by atoms with Crippen molar-refractivity contribution < 1.29 is 13.9 Å². The molecule has 5 rings (SSSR count). The van der Waals surface area contributed by atoms with Crippen LogP contribution in [0.15, 0.2) is 53.2 Å². The largest absolute Gasteiger partial charge is 0.497 e. The van der Waals surface area contributed by atoms with Crippen LogP contribution in [0.4, 0.5) is 0 Å². The van der Waals surface area contributed by atoms with E-state index in [1.807, 2.05) is 58.8 Å². The SMILES string of the molecule is COc1ccc2oc(C(=O)N3CCN(Cc4cn5ccccc5n4)CC3)c(C)c2c1. The van der Waals surface area contributed by atoms with Crippen LogP contribution in [-0.2, 0) is 6.54 Å². The lowest BCUT2D eigenvalue weighted by Crippen LogP contribution is -2.48. The molecule has 7 nitrogen and oxygen atoms in total. The van der Waals surface area contributed by atoms with E-state index in [0.29, 0.717) is 24.4 Å². The molecule has 7 heteroatoms. The fraction of sp³-hybridized carbons (Fsp3) is 0.304. The van der Waals surface area contributed by atoms with Gasteiger partial charge in [0.2, 0.25) is 0 Å². The van der Waals surface area contributed by atoms with E-state index >= 15 is 0 Å². The molecule has 1 aliphatic heterocycles. The van der Waals surface area contributed by atoms with Crippen LogP contribution in [-0.4, -0.2) is 58.4 Å². The number of ether oxygens (including phenoxy) is 1. The summed E-state index contributed by atoms with van der Waals surface area (Å²) in [6, 6.07) is 11.6. The number of aromatic nitrogens is 2. The predicted octanol–water partition coefficient (Wildman–Crippen LogP) is 3.36. The maximum atomic E-state index is 13.1. The van der Waals surface area contributed by atoms with Gasteiger partial charge in [-0.3, -0.25) is 9.69 Å². The molecule has 4 aromatic rings. The molecular formula is C23H24N4O3. The number of amides is 1. The quantitative estimate of drug-likeness (QED) is 0.522. The van der Waals surface area contributed by atoms with Gasteiger partial charge in [-0.2, -0.15) is 0 Å². The number of carbonyl (C=O) groups excluding carboxylic acids is 1. The second kappa shape index (κ2) is 7.50. The highest BCUT2D eigenvalue weighted by molar-refractivity contribution is 5.99. The van der Waals surface area contributed by atoms with E-state index < -0.39 is 0 Å². The number of benzene rings is 1. The third-order valence-corrected chi connectivity index (χ3v) is 5.80. The predicted molar refractivity (Wildman–Crippen MR) is 114 cm³/mol. The first-order valence-corrected chi connectivity index (χ1v) is 10.1. The summed E-state index contributed by atoms with van der Waals surface area (Å²) in [5, 5.41) is 0.920. The van der Waals surface area contributed by atoms with Gasteiger partial charge in [0.15, 0.2) is 5.76 Å². The van der Waals surface area contributed by atoms with E-state index in [-0.39, 0.29) is 5.91 Å². The lowest BCUT2D eigenvalue weighted by Gasteiger charge is -2.34. The van der Waals surface area contributed by atoms with Crippen LogP contribution in [0.2, 0.25) is 0 Å². The third-order valence-electron chi connectivity index (χ3n) is 5.80. The highest BCUT2D eigenvalue weighted by atomic mass is 16.5. The fourth-order valence-electron chi connectivity index (χ4n) is 4.08. The van der Waals surface area contributed by atoms with Crippen LogP contribution in [0, 0.1) is 6.92 Å². The van der Waals surface area contributed by atoms with Crippen molar-refractivity contribution >= 4 is 22.5 Å². The maximum Gasteiger partial charge on any atom is 0.289 e. The van der Waals surface area contributed by atoms with Gasteiger partial charge in [-0.1, -0.05) is 6.07 Å². The Balaban J connectivity index is 1.26. The molecule has 0 N–H and O–H groups in total. The van der Waals surface area contributed by atoms with Crippen molar-refractivity contribution in [2.75, 3.05) is 33.3 Å². The Morgan fingerprint density at radius 1 is 1.17 bits per heavy atom. The first-order valence-electron chi connectivity index (χ1n) is 10.1. The minimum atomic E-state index is -0.0463. The summed E-state index contributed by atoms with van der Waals surface area (Å²) in [7, 11) is 1.63. The van der Waals surface area contributed by atoms with Gasteiger partial charge in [0.1, 0.15) is 17.0 Å². The molecule has 1 saturated heterocycles. The van der Waals surface area contributed by atoms with Gasteiger partial charge in [-0.25, -0.2) is 4.98 Å². The third kappa shape index (κ3) is 3.31. The summed E-state index contributed by atoms with van der Waals surface area (Å²) in [6.45, 7) is 5.68. The number of furan rings is 1. The van der Waals surface area contributed by atoms with E-state index in [1.165, 1.54) is 0 Å². The van der Waals surface area contributed by atoms with Gasteiger partial charge in [-0.15, -0.1) is 0 Å². The second-order valence-corrected chi connectivity index (χ2v) is 7.68. The molecule has 154 valence electrons. The highest BCUT2D eigenvalue weighted by Crippen LogP contribution is 2.29. The number of fused-ring (bicyclic) bond motifs is 2. The van der Waals surface area contributed by atoms with E-state index in [1.54, 1.807) is 7.11 Å².